The normalized spacial score (nSPS) is 8.86. The zero-order chi connectivity index (χ0) is 10.4. The lowest BCUT2D eigenvalue weighted by molar-refractivity contribution is -0.139. The second kappa shape index (κ2) is 4.74. The molecule has 1 aromatic carbocycles. The van der Waals surface area contributed by atoms with Crippen molar-refractivity contribution in [1.29, 1.82) is 0 Å². The Hall–Kier alpha value is -2.20. The number of aliphatic carboxylic acids is 1. The summed E-state index contributed by atoms with van der Waals surface area (Å²) in [6.45, 7) is -0.388. The zero-order valence-corrected chi connectivity index (χ0v) is 7.12. The molecule has 0 aliphatic heterocycles. The molecule has 0 heterocycles. The number of carboxylic acids is 1. The van der Waals surface area contributed by atoms with E-state index in [2.05, 4.69) is 10.0 Å². The summed E-state index contributed by atoms with van der Waals surface area (Å²) in [5.74, 6) is -0.617. The van der Waals surface area contributed by atoms with Gasteiger partial charge in [0.1, 0.15) is 5.75 Å². The molecule has 1 aromatic rings. The fraction of sp³-hybridized carbons (Fsp3) is 0.125. The molecule has 6 heteroatoms. The highest BCUT2D eigenvalue weighted by atomic mass is 16.5. The van der Waals surface area contributed by atoms with Gasteiger partial charge in [-0.15, -0.1) is 0 Å². The molecule has 6 nitrogen and oxygen atoms in total. The van der Waals surface area contributed by atoms with Crippen LogP contribution in [0.5, 0.6) is 5.75 Å². The van der Waals surface area contributed by atoms with E-state index in [1.54, 1.807) is 0 Å². The van der Waals surface area contributed by atoms with Crippen LogP contribution in [0.4, 0.5) is 5.69 Å². The number of benzene rings is 1. The Morgan fingerprint density at radius 1 is 1.50 bits per heavy atom. The molecule has 0 bridgehead atoms. The van der Waals surface area contributed by atoms with Crippen LogP contribution in [0.3, 0.4) is 0 Å². The van der Waals surface area contributed by atoms with Gasteiger partial charge in [-0.2, -0.15) is 0 Å². The number of nitrogens with zero attached hydrogens (tertiary/aromatic N) is 3. The van der Waals surface area contributed by atoms with E-state index in [0.717, 1.165) is 0 Å². The fourth-order valence-electron chi connectivity index (χ4n) is 0.806. The maximum atomic E-state index is 10.2. The van der Waals surface area contributed by atoms with Crippen molar-refractivity contribution in [3.05, 3.63) is 34.7 Å². The third-order valence-corrected chi connectivity index (χ3v) is 1.36. The number of azide groups is 1. The molecule has 1 rings (SSSR count). The molecular weight excluding hydrogens is 186 g/mol. The molecule has 1 N–H and O–H groups in total. The molecule has 0 spiro atoms. The monoisotopic (exact) mass is 193 g/mol. The molecule has 0 unspecified atom stereocenters. The van der Waals surface area contributed by atoms with Gasteiger partial charge in [0.05, 0.1) is 0 Å². The first-order valence-corrected chi connectivity index (χ1v) is 3.72. The first kappa shape index (κ1) is 9.88. The minimum Gasteiger partial charge on any atom is -0.482 e. The van der Waals surface area contributed by atoms with E-state index in [1.807, 2.05) is 0 Å². The minimum absolute atomic E-state index is 0.388. The maximum absolute atomic E-state index is 10.2. The number of hydrogen-bond donors (Lipinski definition) is 1. The van der Waals surface area contributed by atoms with Crippen LogP contribution in [0.2, 0.25) is 0 Å². The summed E-state index contributed by atoms with van der Waals surface area (Å²) in [6.07, 6.45) is 0. The molecule has 0 aliphatic carbocycles. The highest BCUT2D eigenvalue weighted by Gasteiger charge is 1.98. The SMILES string of the molecule is [N-]=[N+]=Nc1ccc(OCC(=O)O)cc1. The molecule has 72 valence electrons. The molecule has 0 radical (unpaired) electrons. The summed E-state index contributed by atoms with van der Waals surface area (Å²) in [6, 6.07) is 6.15. The second-order valence-electron chi connectivity index (χ2n) is 2.37. The molecule has 0 fully saturated rings. The van der Waals surface area contributed by atoms with E-state index >= 15 is 0 Å². The van der Waals surface area contributed by atoms with Crippen molar-refractivity contribution >= 4 is 11.7 Å². The average Bonchev–Trinajstić information content (AvgIpc) is 2.17. The van der Waals surface area contributed by atoms with Crippen LogP contribution in [-0.4, -0.2) is 17.7 Å². The summed E-state index contributed by atoms with van der Waals surface area (Å²) in [7, 11) is 0. The van der Waals surface area contributed by atoms with Gasteiger partial charge < -0.3 is 9.84 Å². The van der Waals surface area contributed by atoms with Gasteiger partial charge in [0.25, 0.3) is 0 Å². The van der Waals surface area contributed by atoms with Gasteiger partial charge in [0, 0.05) is 10.6 Å². The summed E-state index contributed by atoms with van der Waals surface area (Å²) >= 11 is 0. The Kier molecular flexibility index (Phi) is 3.34. The van der Waals surface area contributed by atoms with E-state index < -0.39 is 5.97 Å². The molecule has 0 amide bonds. The summed E-state index contributed by atoms with van der Waals surface area (Å²) in [5.41, 5.74) is 8.57. The van der Waals surface area contributed by atoms with Crippen molar-refractivity contribution in [1.82, 2.24) is 0 Å². The van der Waals surface area contributed by atoms with E-state index in [-0.39, 0.29) is 6.61 Å². The second-order valence-corrected chi connectivity index (χ2v) is 2.37. The van der Waals surface area contributed by atoms with Crippen molar-refractivity contribution in [3.8, 4) is 5.75 Å². The highest BCUT2D eigenvalue weighted by Crippen LogP contribution is 2.17. The third-order valence-electron chi connectivity index (χ3n) is 1.36. The molecule has 0 saturated carbocycles. The van der Waals surface area contributed by atoms with Crippen LogP contribution in [0, 0.1) is 0 Å². The lowest BCUT2D eigenvalue weighted by Gasteiger charge is -2.01. The zero-order valence-electron chi connectivity index (χ0n) is 7.12. The van der Waals surface area contributed by atoms with Crippen molar-refractivity contribution in [2.75, 3.05) is 6.61 Å². The van der Waals surface area contributed by atoms with Gasteiger partial charge in [-0.1, -0.05) is 5.11 Å². The first-order chi connectivity index (χ1) is 6.72. The summed E-state index contributed by atoms with van der Waals surface area (Å²) < 4.78 is 4.87. The highest BCUT2D eigenvalue weighted by molar-refractivity contribution is 5.68. The topological polar surface area (TPSA) is 95.3 Å². The van der Waals surface area contributed by atoms with Crippen LogP contribution in [-0.2, 0) is 4.79 Å². The van der Waals surface area contributed by atoms with Gasteiger partial charge in [-0.3, -0.25) is 0 Å². The predicted molar refractivity (Wildman–Crippen MR) is 48.4 cm³/mol. The van der Waals surface area contributed by atoms with Gasteiger partial charge in [-0.25, -0.2) is 4.79 Å². The molecule has 0 aromatic heterocycles. The Labute approximate surface area is 79.4 Å². The Morgan fingerprint density at radius 3 is 2.64 bits per heavy atom. The maximum Gasteiger partial charge on any atom is 0.341 e. The van der Waals surface area contributed by atoms with Gasteiger partial charge in [-0.05, 0) is 29.8 Å². The van der Waals surface area contributed by atoms with E-state index in [1.165, 1.54) is 24.3 Å². The molecule has 0 aliphatic rings. The van der Waals surface area contributed by atoms with Crippen LogP contribution in [0.1, 0.15) is 0 Å². The van der Waals surface area contributed by atoms with E-state index in [0.29, 0.717) is 11.4 Å². The first-order valence-electron chi connectivity index (χ1n) is 3.72. The average molecular weight is 193 g/mol. The number of rotatable bonds is 4. The Balaban J connectivity index is 2.63. The molecule has 14 heavy (non-hydrogen) atoms. The lowest BCUT2D eigenvalue weighted by Crippen LogP contribution is -2.09. The predicted octanol–water partition coefficient (Wildman–Crippen LogP) is 2.09. The number of carboxylic acid groups (broad SMARTS) is 1. The molecular formula is C8H7N3O3. The number of ether oxygens (including phenoxy) is 1. The van der Waals surface area contributed by atoms with Gasteiger partial charge >= 0.3 is 5.97 Å². The largest absolute Gasteiger partial charge is 0.482 e. The standard InChI is InChI=1S/C8H7N3O3/c9-11-10-6-1-3-7(4-2-6)14-5-8(12)13/h1-4H,5H2,(H,12,13). The molecule has 0 atom stereocenters. The van der Waals surface area contributed by atoms with Crippen molar-refractivity contribution in [2.45, 2.75) is 0 Å². The van der Waals surface area contributed by atoms with Crippen LogP contribution >= 0.6 is 0 Å². The number of hydrogen-bond acceptors (Lipinski definition) is 3. The summed E-state index contributed by atoms with van der Waals surface area (Å²) in [4.78, 5) is 12.8. The Morgan fingerprint density at radius 2 is 2.14 bits per heavy atom. The Bertz CT molecular complexity index is 368. The van der Waals surface area contributed by atoms with Gasteiger partial charge in [0.2, 0.25) is 0 Å². The smallest absolute Gasteiger partial charge is 0.341 e. The third kappa shape index (κ3) is 3.04. The van der Waals surface area contributed by atoms with E-state index in [4.69, 9.17) is 15.4 Å². The lowest BCUT2D eigenvalue weighted by atomic mass is 10.3. The van der Waals surface area contributed by atoms with Crippen LogP contribution in [0.15, 0.2) is 29.4 Å². The van der Waals surface area contributed by atoms with Crippen molar-refractivity contribution in [2.24, 2.45) is 5.11 Å². The van der Waals surface area contributed by atoms with Crippen LogP contribution < -0.4 is 4.74 Å². The quantitative estimate of drug-likeness (QED) is 0.450. The summed E-state index contributed by atoms with van der Waals surface area (Å²) in [5, 5.41) is 11.7. The minimum atomic E-state index is -1.04. The number of carbonyl (C=O) groups is 1. The van der Waals surface area contributed by atoms with Crippen LogP contribution in [0.25, 0.3) is 10.4 Å². The van der Waals surface area contributed by atoms with Crippen molar-refractivity contribution < 1.29 is 14.6 Å². The fourth-order valence-corrected chi connectivity index (χ4v) is 0.806. The van der Waals surface area contributed by atoms with E-state index in [9.17, 15) is 4.79 Å². The van der Waals surface area contributed by atoms with Gasteiger partial charge in [0.15, 0.2) is 6.61 Å². The van der Waals surface area contributed by atoms with Crippen molar-refractivity contribution in [3.63, 3.8) is 0 Å². The molecule has 0 saturated heterocycles.